The van der Waals surface area contributed by atoms with Crippen molar-refractivity contribution in [1.82, 2.24) is 5.32 Å². The molecule has 1 amide bonds. The van der Waals surface area contributed by atoms with E-state index in [1.165, 1.54) is 0 Å². The molecule has 4 heteroatoms. The zero-order valence-corrected chi connectivity index (χ0v) is 11.9. The predicted molar refractivity (Wildman–Crippen MR) is 76.6 cm³/mol. The van der Waals surface area contributed by atoms with E-state index in [1.54, 1.807) is 7.11 Å². The molecule has 0 saturated heterocycles. The second-order valence-electron chi connectivity index (χ2n) is 5.03. The van der Waals surface area contributed by atoms with Crippen molar-refractivity contribution in [3.63, 3.8) is 0 Å². The van der Waals surface area contributed by atoms with Crippen molar-refractivity contribution in [1.29, 1.82) is 0 Å². The second kappa shape index (κ2) is 7.92. The molecule has 2 atom stereocenters. The fourth-order valence-electron chi connectivity index (χ4n) is 1.93. The van der Waals surface area contributed by atoms with E-state index in [1.807, 2.05) is 30.3 Å². The van der Waals surface area contributed by atoms with Gasteiger partial charge in [-0.25, -0.2) is 0 Å². The summed E-state index contributed by atoms with van der Waals surface area (Å²) in [6, 6.07) is 9.42. The van der Waals surface area contributed by atoms with Crippen molar-refractivity contribution in [3.05, 3.63) is 35.9 Å². The van der Waals surface area contributed by atoms with Crippen LogP contribution in [0.2, 0.25) is 0 Å². The molecule has 1 aromatic rings. The lowest BCUT2D eigenvalue weighted by molar-refractivity contribution is -0.123. The Morgan fingerprint density at radius 1 is 1.32 bits per heavy atom. The minimum Gasteiger partial charge on any atom is -0.385 e. The average Bonchev–Trinajstić information content (AvgIpc) is 2.42. The van der Waals surface area contributed by atoms with E-state index in [0.29, 0.717) is 18.9 Å². The van der Waals surface area contributed by atoms with E-state index >= 15 is 0 Å². The number of carbonyl (C=O) groups is 1. The molecule has 1 aromatic carbocycles. The van der Waals surface area contributed by atoms with Gasteiger partial charge in [0.15, 0.2) is 0 Å². The molecule has 0 aromatic heterocycles. The van der Waals surface area contributed by atoms with Crippen LogP contribution < -0.4 is 11.1 Å². The number of nitrogens with two attached hydrogens (primary N) is 1. The van der Waals surface area contributed by atoms with Gasteiger partial charge < -0.3 is 15.8 Å². The third-order valence-electron chi connectivity index (χ3n) is 3.09. The van der Waals surface area contributed by atoms with E-state index < -0.39 is 6.04 Å². The van der Waals surface area contributed by atoms with Gasteiger partial charge in [0.25, 0.3) is 0 Å². The van der Waals surface area contributed by atoms with E-state index in [9.17, 15) is 4.79 Å². The number of ether oxygens (including phenoxy) is 1. The van der Waals surface area contributed by atoms with Gasteiger partial charge in [-0.1, -0.05) is 44.2 Å². The molecule has 0 heterocycles. The van der Waals surface area contributed by atoms with E-state index in [2.05, 4.69) is 19.2 Å². The summed E-state index contributed by atoms with van der Waals surface area (Å²) in [6.07, 6.45) is 0.530. The second-order valence-corrected chi connectivity index (χ2v) is 5.03. The zero-order valence-electron chi connectivity index (χ0n) is 11.9. The normalized spacial score (nSPS) is 14.2. The Bertz CT molecular complexity index is 379. The molecule has 0 saturated carbocycles. The number of amides is 1. The number of methoxy groups -OCH3 is 1. The lowest BCUT2D eigenvalue weighted by Crippen LogP contribution is -2.44. The molecule has 106 valence electrons. The predicted octanol–water partition coefficient (Wildman–Crippen LogP) is 1.86. The molecule has 0 spiro atoms. The topological polar surface area (TPSA) is 64.3 Å². The third-order valence-corrected chi connectivity index (χ3v) is 3.09. The van der Waals surface area contributed by atoms with Crippen LogP contribution in [0.15, 0.2) is 30.3 Å². The van der Waals surface area contributed by atoms with E-state index in [4.69, 9.17) is 10.5 Å². The highest BCUT2D eigenvalue weighted by molar-refractivity contribution is 5.81. The maximum atomic E-state index is 12.0. The Labute approximate surface area is 115 Å². The molecule has 19 heavy (non-hydrogen) atoms. The monoisotopic (exact) mass is 264 g/mol. The van der Waals surface area contributed by atoms with Gasteiger partial charge in [0.05, 0.1) is 12.1 Å². The van der Waals surface area contributed by atoms with Gasteiger partial charge in [0.2, 0.25) is 5.91 Å². The molecule has 0 aliphatic carbocycles. The van der Waals surface area contributed by atoms with Gasteiger partial charge in [-0.3, -0.25) is 4.79 Å². The Morgan fingerprint density at radius 3 is 2.47 bits per heavy atom. The summed E-state index contributed by atoms with van der Waals surface area (Å²) in [5.74, 6) is 0.181. The van der Waals surface area contributed by atoms with Crippen LogP contribution in [-0.2, 0) is 9.53 Å². The molecular formula is C15H24N2O2. The molecule has 3 N–H and O–H groups in total. The summed E-state index contributed by atoms with van der Waals surface area (Å²) in [6.45, 7) is 4.66. The van der Waals surface area contributed by atoms with Crippen molar-refractivity contribution in [2.45, 2.75) is 32.4 Å². The van der Waals surface area contributed by atoms with E-state index in [-0.39, 0.29) is 11.9 Å². The van der Waals surface area contributed by atoms with Crippen LogP contribution in [-0.4, -0.2) is 25.7 Å². The molecule has 0 radical (unpaired) electrons. The quantitative estimate of drug-likeness (QED) is 0.790. The minimum atomic E-state index is -0.523. The van der Waals surface area contributed by atoms with Crippen LogP contribution in [0.25, 0.3) is 0 Å². The summed E-state index contributed by atoms with van der Waals surface area (Å²) < 4.78 is 4.94. The van der Waals surface area contributed by atoms with Crippen LogP contribution in [0.5, 0.6) is 0 Å². The smallest absolute Gasteiger partial charge is 0.237 e. The van der Waals surface area contributed by atoms with Gasteiger partial charge in [-0.15, -0.1) is 0 Å². The van der Waals surface area contributed by atoms with Crippen LogP contribution in [0.1, 0.15) is 31.9 Å². The lowest BCUT2D eigenvalue weighted by Gasteiger charge is -2.24. The van der Waals surface area contributed by atoms with Crippen molar-refractivity contribution < 1.29 is 9.53 Å². The number of benzene rings is 1. The number of nitrogens with one attached hydrogen (secondary N) is 1. The standard InChI is InChI=1S/C15H24N2O2/c1-11(2)14(12-7-5-4-6-8-12)17-15(18)13(16)9-10-19-3/h4-8,11,13-14H,9-10,16H2,1-3H3,(H,17,18). The lowest BCUT2D eigenvalue weighted by atomic mass is 9.95. The van der Waals surface area contributed by atoms with Crippen molar-refractivity contribution in [2.75, 3.05) is 13.7 Å². The van der Waals surface area contributed by atoms with Gasteiger partial charge in [-0.05, 0) is 17.9 Å². The number of hydrogen-bond donors (Lipinski definition) is 2. The average molecular weight is 264 g/mol. The first-order valence-corrected chi connectivity index (χ1v) is 6.66. The molecule has 1 rings (SSSR count). The van der Waals surface area contributed by atoms with Crippen LogP contribution in [0.3, 0.4) is 0 Å². The molecular weight excluding hydrogens is 240 g/mol. The highest BCUT2D eigenvalue weighted by Gasteiger charge is 2.21. The Hall–Kier alpha value is -1.39. The largest absolute Gasteiger partial charge is 0.385 e. The summed E-state index contributed by atoms with van der Waals surface area (Å²) in [7, 11) is 1.60. The van der Waals surface area contributed by atoms with Crippen LogP contribution >= 0.6 is 0 Å². The molecule has 0 fully saturated rings. The highest BCUT2D eigenvalue weighted by Crippen LogP contribution is 2.21. The van der Waals surface area contributed by atoms with Gasteiger partial charge in [-0.2, -0.15) is 0 Å². The fourth-order valence-corrected chi connectivity index (χ4v) is 1.93. The first-order chi connectivity index (χ1) is 9.06. The van der Waals surface area contributed by atoms with Gasteiger partial charge >= 0.3 is 0 Å². The maximum absolute atomic E-state index is 12.0. The molecule has 0 bridgehead atoms. The maximum Gasteiger partial charge on any atom is 0.237 e. The minimum absolute atomic E-state index is 0.0118. The summed E-state index contributed by atoms with van der Waals surface area (Å²) in [5.41, 5.74) is 6.94. The van der Waals surface area contributed by atoms with Crippen molar-refractivity contribution >= 4 is 5.91 Å². The highest BCUT2D eigenvalue weighted by atomic mass is 16.5. The SMILES string of the molecule is COCCC(N)C(=O)NC(c1ccccc1)C(C)C. The van der Waals surface area contributed by atoms with Gasteiger partial charge in [0, 0.05) is 13.7 Å². The molecule has 4 nitrogen and oxygen atoms in total. The van der Waals surface area contributed by atoms with Crippen molar-refractivity contribution in [2.24, 2.45) is 11.7 Å². The van der Waals surface area contributed by atoms with E-state index in [0.717, 1.165) is 5.56 Å². The summed E-state index contributed by atoms with van der Waals surface area (Å²) >= 11 is 0. The molecule has 2 unspecified atom stereocenters. The van der Waals surface area contributed by atoms with Crippen molar-refractivity contribution in [3.8, 4) is 0 Å². The molecule has 0 aliphatic heterocycles. The first-order valence-electron chi connectivity index (χ1n) is 6.66. The summed E-state index contributed by atoms with van der Waals surface area (Å²) in [5, 5.41) is 3.02. The Balaban J connectivity index is 2.67. The first kappa shape index (κ1) is 15.7. The van der Waals surface area contributed by atoms with Gasteiger partial charge in [0.1, 0.15) is 0 Å². The zero-order chi connectivity index (χ0) is 14.3. The number of carbonyl (C=O) groups excluding carboxylic acids is 1. The van der Waals surface area contributed by atoms with Crippen LogP contribution in [0, 0.1) is 5.92 Å². The summed E-state index contributed by atoms with van der Waals surface area (Å²) in [4.78, 5) is 12.0. The fraction of sp³-hybridized carbons (Fsp3) is 0.533. The Morgan fingerprint density at radius 2 is 1.95 bits per heavy atom. The third kappa shape index (κ3) is 5.01. The Kier molecular flexibility index (Phi) is 6.53. The molecule has 0 aliphatic rings. The van der Waals surface area contributed by atoms with Crippen LogP contribution in [0.4, 0.5) is 0 Å². The number of hydrogen-bond acceptors (Lipinski definition) is 3. The number of rotatable bonds is 7.